The highest BCUT2D eigenvalue weighted by molar-refractivity contribution is 7.94. The lowest BCUT2D eigenvalue weighted by Gasteiger charge is -2.13. The molecule has 0 unspecified atom stereocenters. The van der Waals surface area contributed by atoms with Crippen LogP contribution in [0.2, 0.25) is 0 Å². The van der Waals surface area contributed by atoms with Gasteiger partial charge in [0.15, 0.2) is 0 Å². The van der Waals surface area contributed by atoms with Crippen molar-refractivity contribution in [3.05, 3.63) is 64.2 Å². The third-order valence-corrected chi connectivity index (χ3v) is 6.80. The summed E-state index contributed by atoms with van der Waals surface area (Å²) < 4.78 is 27.6. The number of aryl methyl sites for hydroxylation is 4. The van der Waals surface area contributed by atoms with Crippen LogP contribution in [0, 0.1) is 27.7 Å². The molecule has 0 saturated heterocycles. The number of pyridine rings is 1. The highest BCUT2D eigenvalue weighted by atomic mass is 32.2. The van der Waals surface area contributed by atoms with Crippen molar-refractivity contribution in [2.24, 2.45) is 0 Å². The number of thiophene rings is 1. The largest absolute Gasteiger partial charge is 0.340 e. The normalized spacial score (nSPS) is 11.4. The van der Waals surface area contributed by atoms with Gasteiger partial charge in [0.2, 0.25) is 0 Å². The second kappa shape index (κ2) is 7.09. The lowest BCUT2D eigenvalue weighted by atomic mass is 10.1. The summed E-state index contributed by atoms with van der Waals surface area (Å²) in [6, 6.07) is 11.1. The lowest BCUT2D eigenvalue weighted by molar-refractivity contribution is 0.603. The molecule has 0 radical (unpaired) electrons. The molecular formula is C19H21N3O2S2. The molecule has 0 aliphatic heterocycles. The Morgan fingerprint density at radius 2 is 1.65 bits per heavy atom. The van der Waals surface area contributed by atoms with Crippen LogP contribution in [0.1, 0.15) is 21.6 Å². The third kappa shape index (κ3) is 4.05. The second-order valence-corrected chi connectivity index (χ2v) is 9.50. The first-order valence-corrected chi connectivity index (χ1v) is 10.4. The Labute approximate surface area is 158 Å². The Bertz CT molecular complexity index is 1020. The van der Waals surface area contributed by atoms with E-state index in [2.05, 4.69) is 34.1 Å². The summed E-state index contributed by atoms with van der Waals surface area (Å²) in [7, 11) is -3.57. The molecule has 2 heterocycles. The molecule has 0 aliphatic rings. The zero-order valence-corrected chi connectivity index (χ0v) is 16.8. The fourth-order valence-corrected chi connectivity index (χ4v) is 5.12. The van der Waals surface area contributed by atoms with E-state index in [1.54, 1.807) is 24.3 Å². The average molecular weight is 388 g/mol. The van der Waals surface area contributed by atoms with Crippen LogP contribution in [-0.2, 0) is 10.0 Å². The van der Waals surface area contributed by atoms with Crippen molar-refractivity contribution in [3.8, 4) is 0 Å². The number of anilines is 3. The van der Waals surface area contributed by atoms with E-state index in [1.165, 1.54) is 23.1 Å². The maximum Gasteiger partial charge on any atom is 0.271 e. The fraction of sp³-hybridized carbons (Fsp3) is 0.211. The van der Waals surface area contributed by atoms with Gasteiger partial charge in [-0.3, -0.25) is 4.72 Å². The first-order valence-electron chi connectivity index (χ1n) is 8.15. The molecule has 136 valence electrons. The van der Waals surface area contributed by atoms with Gasteiger partial charge in [-0.15, -0.1) is 11.3 Å². The zero-order chi connectivity index (χ0) is 18.9. The molecular weight excluding hydrogens is 366 g/mol. The Kier molecular flexibility index (Phi) is 5.02. The monoisotopic (exact) mass is 387 g/mol. The van der Waals surface area contributed by atoms with E-state index < -0.39 is 10.0 Å². The van der Waals surface area contributed by atoms with Crippen LogP contribution in [0.3, 0.4) is 0 Å². The molecule has 0 saturated carbocycles. The number of hydrogen-bond donors (Lipinski definition) is 2. The third-order valence-electron chi connectivity index (χ3n) is 3.93. The van der Waals surface area contributed by atoms with E-state index in [-0.39, 0.29) is 0 Å². The van der Waals surface area contributed by atoms with Crippen LogP contribution >= 0.6 is 11.3 Å². The Hall–Kier alpha value is -2.38. The predicted octanol–water partition coefficient (Wildman–Crippen LogP) is 4.92. The van der Waals surface area contributed by atoms with Crippen molar-refractivity contribution in [1.82, 2.24) is 4.98 Å². The van der Waals surface area contributed by atoms with Gasteiger partial charge in [0.1, 0.15) is 10.0 Å². The summed E-state index contributed by atoms with van der Waals surface area (Å²) >= 11 is 1.24. The van der Waals surface area contributed by atoms with Gasteiger partial charge in [-0.2, -0.15) is 0 Å². The van der Waals surface area contributed by atoms with Crippen LogP contribution in [0.5, 0.6) is 0 Å². The van der Waals surface area contributed by atoms with Crippen LogP contribution in [0.15, 0.2) is 46.8 Å². The van der Waals surface area contributed by atoms with E-state index in [4.69, 9.17) is 0 Å². The highest BCUT2D eigenvalue weighted by Crippen LogP contribution is 2.26. The van der Waals surface area contributed by atoms with Crippen molar-refractivity contribution in [1.29, 1.82) is 0 Å². The molecule has 26 heavy (non-hydrogen) atoms. The minimum atomic E-state index is -3.57. The molecule has 2 aromatic heterocycles. The quantitative estimate of drug-likeness (QED) is 0.652. The molecule has 3 rings (SSSR count). The molecule has 0 aliphatic carbocycles. The van der Waals surface area contributed by atoms with Gasteiger partial charge in [0.25, 0.3) is 10.0 Å². The molecule has 3 aromatic rings. The van der Waals surface area contributed by atoms with Crippen molar-refractivity contribution in [2.45, 2.75) is 31.9 Å². The summed E-state index contributed by atoms with van der Waals surface area (Å²) in [5.41, 5.74) is 4.95. The summed E-state index contributed by atoms with van der Waals surface area (Å²) in [5.74, 6) is 0.662. The maximum atomic E-state index is 12.4. The Balaban J connectivity index is 1.77. The number of aromatic nitrogens is 1. The van der Waals surface area contributed by atoms with Gasteiger partial charge in [-0.05, 0) is 63.1 Å². The number of nitrogens with zero attached hydrogens (tertiary/aromatic N) is 1. The van der Waals surface area contributed by atoms with Gasteiger partial charge >= 0.3 is 0 Å². The van der Waals surface area contributed by atoms with Crippen LogP contribution in [0.4, 0.5) is 17.2 Å². The maximum absolute atomic E-state index is 12.4. The average Bonchev–Trinajstić information content (AvgIpc) is 2.99. The highest BCUT2D eigenvalue weighted by Gasteiger charge is 2.16. The van der Waals surface area contributed by atoms with Gasteiger partial charge in [-0.1, -0.05) is 17.7 Å². The molecule has 0 fully saturated rings. The molecule has 5 nitrogen and oxygen atoms in total. The predicted molar refractivity (Wildman–Crippen MR) is 108 cm³/mol. The van der Waals surface area contributed by atoms with E-state index >= 15 is 0 Å². The molecule has 2 N–H and O–H groups in total. The second-order valence-electron chi connectivity index (χ2n) is 6.30. The van der Waals surface area contributed by atoms with Crippen LogP contribution < -0.4 is 10.0 Å². The molecule has 0 amide bonds. The fourth-order valence-electron chi connectivity index (χ4n) is 2.80. The molecule has 0 bridgehead atoms. The number of nitrogens with one attached hydrogen (secondary N) is 2. The minimum absolute atomic E-state index is 0.295. The molecule has 0 spiro atoms. The number of hydrogen-bond acceptors (Lipinski definition) is 5. The van der Waals surface area contributed by atoms with E-state index in [9.17, 15) is 8.42 Å². The van der Waals surface area contributed by atoms with Gasteiger partial charge in [0.05, 0.1) is 11.9 Å². The number of benzene rings is 1. The van der Waals surface area contributed by atoms with Crippen molar-refractivity contribution in [2.75, 3.05) is 10.0 Å². The van der Waals surface area contributed by atoms with Gasteiger partial charge in [-0.25, -0.2) is 13.4 Å². The molecule has 0 atom stereocenters. The smallest absolute Gasteiger partial charge is 0.271 e. The van der Waals surface area contributed by atoms with Crippen molar-refractivity contribution in [3.63, 3.8) is 0 Å². The minimum Gasteiger partial charge on any atom is -0.340 e. The van der Waals surface area contributed by atoms with E-state index in [0.717, 1.165) is 21.7 Å². The Morgan fingerprint density at radius 1 is 0.962 bits per heavy atom. The first kappa shape index (κ1) is 18.4. The summed E-state index contributed by atoms with van der Waals surface area (Å²) in [4.78, 5) is 5.28. The SMILES string of the molecule is Cc1cc(C)c(Nc2ccc(NS(=O)(=O)c3ccc(C)s3)cn2)c(C)c1. The number of sulfonamides is 1. The van der Waals surface area contributed by atoms with E-state index in [1.807, 2.05) is 20.8 Å². The summed E-state index contributed by atoms with van der Waals surface area (Å²) in [5, 5.41) is 3.31. The summed E-state index contributed by atoms with van der Waals surface area (Å²) in [6.07, 6.45) is 1.51. The topological polar surface area (TPSA) is 71.1 Å². The molecule has 7 heteroatoms. The first-order chi connectivity index (χ1) is 12.2. The Morgan fingerprint density at radius 3 is 2.19 bits per heavy atom. The van der Waals surface area contributed by atoms with Crippen LogP contribution in [0.25, 0.3) is 0 Å². The van der Waals surface area contributed by atoms with Crippen molar-refractivity contribution >= 4 is 38.6 Å². The number of rotatable bonds is 5. The lowest BCUT2D eigenvalue weighted by Crippen LogP contribution is -2.11. The standard InChI is InChI=1S/C19H21N3O2S2/c1-12-9-13(2)19(14(3)10-12)21-17-7-6-16(11-20-17)22-26(23,24)18-8-5-15(4)25-18/h5-11,22H,1-4H3,(H,20,21). The van der Waals surface area contributed by atoms with Crippen LogP contribution in [-0.4, -0.2) is 13.4 Å². The van der Waals surface area contributed by atoms with Gasteiger partial charge < -0.3 is 5.32 Å². The molecule has 1 aromatic carbocycles. The van der Waals surface area contributed by atoms with Gasteiger partial charge in [0, 0.05) is 10.6 Å². The van der Waals surface area contributed by atoms with E-state index in [0.29, 0.717) is 15.7 Å². The summed E-state index contributed by atoms with van der Waals surface area (Å²) in [6.45, 7) is 8.04. The van der Waals surface area contributed by atoms with Crippen molar-refractivity contribution < 1.29 is 8.42 Å². The zero-order valence-electron chi connectivity index (χ0n) is 15.1.